The Hall–Kier alpha value is -14.9. The Morgan fingerprint density at radius 2 is 0.496 bits per heavy atom. The minimum Gasteiger partial charge on any atom is -0.311 e. The van der Waals surface area contributed by atoms with Crippen LogP contribution in [0.5, 0.6) is 0 Å². The summed E-state index contributed by atoms with van der Waals surface area (Å²) in [7, 11) is 0. The van der Waals surface area contributed by atoms with Crippen molar-refractivity contribution in [3.8, 4) is 77.9 Å². The van der Waals surface area contributed by atoms with Gasteiger partial charge in [-0.05, 0) is 328 Å². The van der Waals surface area contributed by atoms with Crippen molar-refractivity contribution in [2.75, 3.05) is 24.5 Å². The van der Waals surface area contributed by atoms with Crippen LogP contribution in [0.25, 0.3) is 77.9 Å². The lowest BCUT2D eigenvalue weighted by molar-refractivity contribution is 1.22. The zero-order chi connectivity index (χ0) is 84.6. The maximum Gasteiger partial charge on any atom is 0.252 e. The molecule has 4 aliphatic heterocycles. The van der Waals surface area contributed by atoms with E-state index in [0.29, 0.717) is 0 Å². The fourth-order valence-electron chi connectivity index (χ4n) is 21.7. The number of fused-ring (bicyclic) bond motifs is 8. The molecule has 0 saturated carbocycles. The average Bonchev–Trinajstić information content (AvgIpc) is 0.677. The predicted octanol–water partition coefficient (Wildman–Crippen LogP) is 28.1. The van der Waals surface area contributed by atoms with Gasteiger partial charge in [-0.15, -0.1) is 0 Å². The second kappa shape index (κ2) is 30.6. The Morgan fingerprint density at radius 1 is 0.184 bits per heavy atom. The molecule has 0 amide bonds. The maximum absolute atomic E-state index is 2.74. The van der Waals surface area contributed by atoms with Gasteiger partial charge in [-0.25, -0.2) is 0 Å². The van der Waals surface area contributed by atoms with Crippen molar-refractivity contribution in [1.29, 1.82) is 0 Å². The van der Waals surface area contributed by atoms with Crippen LogP contribution in [0.2, 0.25) is 0 Å². The van der Waals surface area contributed by atoms with Gasteiger partial charge < -0.3 is 24.5 Å². The van der Waals surface area contributed by atoms with Gasteiger partial charge >= 0.3 is 0 Å². The lowest BCUT2D eigenvalue weighted by Gasteiger charge is -2.48. The molecule has 4 heterocycles. The van der Waals surface area contributed by atoms with E-state index in [-0.39, 0.29) is 13.4 Å². The summed E-state index contributed by atoms with van der Waals surface area (Å²) < 4.78 is 0. The minimum absolute atomic E-state index is 0.277. The number of para-hydroxylation sites is 4. The van der Waals surface area contributed by atoms with Crippen molar-refractivity contribution in [3.63, 3.8) is 0 Å². The van der Waals surface area contributed by atoms with Crippen LogP contribution in [0, 0.1) is 69.2 Å². The summed E-state index contributed by atoms with van der Waals surface area (Å²) in [6, 6.07) is 146. The smallest absolute Gasteiger partial charge is 0.252 e. The molecule has 0 aromatic heterocycles. The molecular formula is C118H93B2N5. The van der Waals surface area contributed by atoms with Gasteiger partial charge in [0.05, 0.1) is 11.4 Å². The first-order valence-electron chi connectivity index (χ1n) is 43.9. The molecule has 7 heteroatoms. The van der Waals surface area contributed by atoms with E-state index in [1.807, 2.05) is 0 Å². The fourth-order valence-corrected chi connectivity index (χ4v) is 21.7. The van der Waals surface area contributed by atoms with Gasteiger partial charge in [0.2, 0.25) is 0 Å². The highest BCUT2D eigenvalue weighted by Crippen LogP contribution is 2.56. The van der Waals surface area contributed by atoms with Crippen molar-refractivity contribution in [2.24, 2.45) is 0 Å². The Morgan fingerprint density at radius 3 is 0.936 bits per heavy atom. The van der Waals surface area contributed by atoms with Gasteiger partial charge in [-0.2, -0.15) is 0 Å². The number of aryl methyl sites for hydroxylation is 10. The molecule has 0 unspecified atom stereocenters. The summed E-state index contributed by atoms with van der Waals surface area (Å²) in [6.45, 7) is 22.0. The SMILES string of the molecule is Cc1cccc(C)c1-c1ccc(N(c2ccc(-c3c(C)cccc3C)cc2)c2cc3c4c(c2)N(c2ccccc2)c2cc5c(cc2B4c2ccccc2N3c2ccccc2)B2c3cc(-c4c(C)cccc4C)ccc3N(c3ccc(-c4c(C)cccc4C)cc3)c3cc(-c4c(C)cccc4C)cc(c32)N5c2c(-c3ccccc3)cccc2-c2ccccc2)cc1. The number of benzene rings is 18. The first kappa shape index (κ1) is 76.2. The summed E-state index contributed by atoms with van der Waals surface area (Å²) in [5.41, 5.74) is 52.9. The van der Waals surface area contributed by atoms with E-state index in [9.17, 15) is 0 Å². The second-order valence-corrected chi connectivity index (χ2v) is 34.8. The number of hydrogen-bond donors (Lipinski definition) is 0. The van der Waals surface area contributed by atoms with E-state index in [4.69, 9.17) is 0 Å². The highest BCUT2D eigenvalue weighted by atomic mass is 15.2. The second-order valence-electron chi connectivity index (χ2n) is 34.8. The summed E-state index contributed by atoms with van der Waals surface area (Å²) in [6.07, 6.45) is 0. The normalized spacial score (nSPS) is 12.6. The first-order valence-corrected chi connectivity index (χ1v) is 43.9. The van der Waals surface area contributed by atoms with E-state index in [1.54, 1.807) is 0 Å². The first-order chi connectivity index (χ1) is 61.2. The Kier molecular flexibility index (Phi) is 18.7. The van der Waals surface area contributed by atoms with Crippen LogP contribution in [-0.2, 0) is 0 Å². The lowest BCUT2D eigenvalue weighted by atomic mass is 9.30. The van der Waals surface area contributed by atoms with Gasteiger partial charge in [0.25, 0.3) is 13.4 Å². The van der Waals surface area contributed by atoms with E-state index in [2.05, 4.69) is 476 Å². The fraction of sp³-hybridized carbons (Fsp3) is 0.0847. The van der Waals surface area contributed by atoms with Crippen LogP contribution in [0.4, 0.5) is 85.3 Å². The molecule has 0 atom stereocenters. The summed E-state index contributed by atoms with van der Waals surface area (Å²) in [5.74, 6) is 0. The zero-order valence-corrected chi connectivity index (χ0v) is 72.3. The molecule has 125 heavy (non-hydrogen) atoms. The average molecular weight is 1600 g/mol. The molecule has 0 radical (unpaired) electrons. The Bertz CT molecular complexity index is 7090. The number of anilines is 15. The van der Waals surface area contributed by atoms with Gasteiger partial charge in [0.15, 0.2) is 0 Å². The lowest BCUT2D eigenvalue weighted by Crippen LogP contribution is -2.65. The van der Waals surface area contributed by atoms with Crippen molar-refractivity contribution < 1.29 is 0 Å². The molecule has 0 spiro atoms. The molecule has 0 saturated heterocycles. The summed E-state index contributed by atoms with van der Waals surface area (Å²) in [4.78, 5) is 13.1. The van der Waals surface area contributed by atoms with Crippen LogP contribution >= 0.6 is 0 Å². The third-order valence-electron chi connectivity index (χ3n) is 27.1. The van der Waals surface area contributed by atoms with E-state index < -0.39 is 0 Å². The van der Waals surface area contributed by atoms with E-state index in [0.717, 1.165) is 113 Å². The maximum atomic E-state index is 2.74. The van der Waals surface area contributed by atoms with Gasteiger partial charge in [0, 0.05) is 85.1 Å². The quantitative estimate of drug-likeness (QED) is 0.101. The van der Waals surface area contributed by atoms with Crippen LogP contribution < -0.4 is 57.3 Å². The predicted molar refractivity (Wildman–Crippen MR) is 535 cm³/mol. The molecule has 18 aromatic carbocycles. The third kappa shape index (κ3) is 12.6. The minimum atomic E-state index is -0.319. The zero-order valence-electron chi connectivity index (χ0n) is 72.3. The van der Waals surface area contributed by atoms with Gasteiger partial charge in [0.1, 0.15) is 0 Å². The van der Waals surface area contributed by atoms with Gasteiger partial charge in [-0.3, -0.25) is 0 Å². The third-order valence-corrected chi connectivity index (χ3v) is 27.1. The van der Waals surface area contributed by atoms with Crippen molar-refractivity contribution in [1.82, 2.24) is 0 Å². The molecule has 0 bridgehead atoms. The standard InChI is InChI=1S/C118H93B2N5/c1-74-31-25-32-75(2)111(74)86-53-60-93(61-54-86)121(94-62-55-87(56-63-94)112-76(3)33-26-34-77(112)4)96-70-109-117-110(71-96)124(92-47-21-14-22-48-92)105-73-106-102(72-101(105)119(117)99-51-23-24-52-103(99)122(109)91-45-19-13-20-46-91)120-100-67-89(114-80(7)37-28-38-81(114)8)59-66-104(100)123(95-64-57-88(58-65-95)113-78(5)35-27-36-79(113)6)107-68-90(115-82(9)39-29-40-83(115)10)69-108(116(107)120)125(106)118-97(84-41-15-11-16-42-84)49-30-50-98(118)85-43-17-12-18-44-85/h11-73H,1-10H3. The monoisotopic (exact) mass is 1600 g/mol. The summed E-state index contributed by atoms with van der Waals surface area (Å²) in [5, 5.41) is 0. The highest BCUT2D eigenvalue weighted by Gasteiger charge is 2.50. The molecule has 0 aliphatic carbocycles. The number of nitrogens with zero attached hydrogens (tertiary/aromatic N) is 5. The number of rotatable bonds is 14. The van der Waals surface area contributed by atoms with Crippen molar-refractivity contribution >= 4 is 132 Å². The Balaban J connectivity index is 0.878. The van der Waals surface area contributed by atoms with Gasteiger partial charge in [-0.1, -0.05) is 279 Å². The van der Waals surface area contributed by atoms with Crippen LogP contribution in [0.1, 0.15) is 55.6 Å². The molecule has 0 N–H and O–H groups in total. The Labute approximate surface area is 735 Å². The number of hydrogen-bond acceptors (Lipinski definition) is 5. The highest BCUT2D eigenvalue weighted by molar-refractivity contribution is 7.03. The van der Waals surface area contributed by atoms with Crippen LogP contribution in [0.3, 0.4) is 0 Å². The van der Waals surface area contributed by atoms with Crippen molar-refractivity contribution in [2.45, 2.75) is 69.2 Å². The van der Waals surface area contributed by atoms with E-state index in [1.165, 1.54) is 138 Å². The molecule has 5 nitrogen and oxygen atoms in total. The molecule has 596 valence electrons. The molecule has 22 rings (SSSR count). The van der Waals surface area contributed by atoms with Crippen LogP contribution in [-0.4, -0.2) is 13.4 Å². The van der Waals surface area contributed by atoms with E-state index >= 15 is 0 Å². The largest absolute Gasteiger partial charge is 0.311 e. The van der Waals surface area contributed by atoms with Crippen molar-refractivity contribution in [3.05, 3.63) is 438 Å². The summed E-state index contributed by atoms with van der Waals surface area (Å²) >= 11 is 0. The topological polar surface area (TPSA) is 16.2 Å². The molecule has 0 fully saturated rings. The molecule has 4 aliphatic rings. The molecule has 18 aromatic rings. The van der Waals surface area contributed by atoms with Crippen LogP contribution in [0.15, 0.2) is 382 Å². The molecular weight excluding hydrogens is 1510 g/mol.